The molecule has 0 fully saturated rings. The molecule has 0 saturated carbocycles. The molecular weight excluding hydrogens is 600 g/mol. The van der Waals surface area contributed by atoms with Crippen LogP contribution in [0.15, 0.2) is 46.4 Å². The van der Waals surface area contributed by atoms with Gasteiger partial charge >= 0.3 is 12.1 Å². The molecule has 2 aromatic carbocycles. The lowest BCUT2D eigenvalue weighted by molar-refractivity contribution is -0.147. The van der Waals surface area contributed by atoms with Gasteiger partial charge in [-0.15, -0.1) is 23.1 Å². The molecule has 1 aromatic heterocycles. The molecule has 0 aliphatic carbocycles. The molecule has 42 heavy (non-hydrogen) atoms. The van der Waals surface area contributed by atoms with Gasteiger partial charge in [-0.2, -0.15) is 13.2 Å². The third-order valence-electron chi connectivity index (χ3n) is 5.54. The topological polar surface area (TPSA) is 116 Å². The van der Waals surface area contributed by atoms with Gasteiger partial charge in [0.1, 0.15) is 23.2 Å². The maximum absolute atomic E-state index is 14.0. The number of aromatic nitrogens is 1. The Balaban J connectivity index is 1.41. The van der Waals surface area contributed by atoms with E-state index in [2.05, 4.69) is 15.0 Å². The Bertz CT molecular complexity index is 1400. The summed E-state index contributed by atoms with van der Waals surface area (Å²) in [5.74, 6) is -0.775. The second-order valence-electron chi connectivity index (χ2n) is 8.62. The lowest BCUT2D eigenvalue weighted by Crippen LogP contribution is -2.18. The van der Waals surface area contributed by atoms with Gasteiger partial charge in [-0.25, -0.2) is 14.2 Å². The minimum Gasteiger partial charge on any atom is -0.482 e. The lowest BCUT2D eigenvalue weighted by Gasteiger charge is -2.11. The molecule has 15 heteroatoms. The molecule has 0 amide bonds. The Hall–Kier alpha value is -3.36. The number of hydrogen-bond donors (Lipinski definition) is 0. The van der Waals surface area contributed by atoms with Gasteiger partial charge in [0.25, 0.3) is 0 Å². The van der Waals surface area contributed by atoms with Crippen LogP contribution in [0, 0.1) is 19.7 Å². The summed E-state index contributed by atoms with van der Waals surface area (Å²) in [5.41, 5.74) is 8.68. The number of carbonyl (C=O) groups excluding carboxylic acids is 1. The van der Waals surface area contributed by atoms with Crippen molar-refractivity contribution in [3.05, 3.63) is 74.4 Å². The first-order valence-electron chi connectivity index (χ1n) is 12.6. The van der Waals surface area contributed by atoms with Crippen molar-refractivity contribution in [1.82, 2.24) is 4.98 Å². The number of aryl methyl sites for hydroxylation is 2. The Kier molecular flexibility index (Phi) is 12.9. The Morgan fingerprint density at radius 2 is 1.81 bits per heavy atom. The summed E-state index contributed by atoms with van der Waals surface area (Å²) in [5, 5.41) is 3.79. The van der Waals surface area contributed by atoms with E-state index in [1.807, 2.05) is 19.1 Å². The van der Waals surface area contributed by atoms with E-state index in [0.717, 1.165) is 33.2 Å². The maximum Gasteiger partial charge on any atom is 0.419 e. The predicted octanol–water partition coefficient (Wildman–Crippen LogP) is 7.14. The van der Waals surface area contributed by atoms with E-state index in [0.29, 0.717) is 41.9 Å². The monoisotopic (exact) mass is 628 g/mol. The Morgan fingerprint density at radius 3 is 2.50 bits per heavy atom. The first kappa shape index (κ1) is 33.1. The van der Waals surface area contributed by atoms with Crippen molar-refractivity contribution in [3.63, 3.8) is 0 Å². The minimum absolute atomic E-state index is 0.0714. The fourth-order valence-corrected chi connectivity index (χ4v) is 5.65. The minimum atomic E-state index is -4.76. The van der Waals surface area contributed by atoms with Gasteiger partial charge < -0.3 is 18.9 Å². The molecule has 3 aromatic rings. The highest BCUT2D eigenvalue weighted by atomic mass is 32.2. The number of nitrogens with zero attached hydrogens (tertiary/aromatic N) is 4. The second-order valence-corrected chi connectivity index (χ2v) is 10.8. The molecule has 0 unspecified atom stereocenters. The average Bonchev–Trinajstić information content (AvgIpc) is 3.32. The zero-order valence-electron chi connectivity index (χ0n) is 22.8. The highest BCUT2D eigenvalue weighted by Crippen LogP contribution is 2.37. The van der Waals surface area contributed by atoms with Crippen molar-refractivity contribution in [2.75, 3.05) is 46.2 Å². The molecule has 0 aliphatic heterocycles. The van der Waals surface area contributed by atoms with Crippen LogP contribution < -0.4 is 4.74 Å². The number of thioether (sulfide) groups is 1. The van der Waals surface area contributed by atoms with E-state index in [9.17, 15) is 22.4 Å². The van der Waals surface area contributed by atoms with Crippen LogP contribution in [-0.4, -0.2) is 57.1 Å². The summed E-state index contributed by atoms with van der Waals surface area (Å²) < 4.78 is 73.8. The van der Waals surface area contributed by atoms with E-state index < -0.39 is 23.5 Å². The number of esters is 1. The van der Waals surface area contributed by atoms with Crippen LogP contribution in [0.25, 0.3) is 21.0 Å². The van der Waals surface area contributed by atoms with Gasteiger partial charge in [-0.1, -0.05) is 11.2 Å². The van der Waals surface area contributed by atoms with Crippen LogP contribution in [0.3, 0.4) is 0 Å². The van der Waals surface area contributed by atoms with Crippen molar-refractivity contribution < 1.29 is 41.3 Å². The predicted molar refractivity (Wildman–Crippen MR) is 150 cm³/mol. The third-order valence-corrected chi connectivity index (χ3v) is 7.95. The zero-order valence-corrected chi connectivity index (χ0v) is 24.4. The van der Waals surface area contributed by atoms with Crippen molar-refractivity contribution in [3.8, 4) is 16.3 Å². The largest absolute Gasteiger partial charge is 0.482 e. The number of carbonyl (C=O) groups is 1. The summed E-state index contributed by atoms with van der Waals surface area (Å²) in [6.45, 7) is 4.88. The average molecular weight is 629 g/mol. The van der Waals surface area contributed by atoms with Crippen molar-refractivity contribution in [2.45, 2.75) is 30.7 Å². The van der Waals surface area contributed by atoms with E-state index in [1.54, 1.807) is 13.0 Å². The van der Waals surface area contributed by atoms with Crippen LogP contribution in [-0.2, 0) is 30.9 Å². The first-order valence-corrected chi connectivity index (χ1v) is 14.4. The van der Waals surface area contributed by atoms with Crippen molar-refractivity contribution in [2.24, 2.45) is 5.11 Å². The molecule has 0 N–H and O–H groups in total. The Morgan fingerprint density at radius 1 is 1.07 bits per heavy atom. The number of alkyl halides is 3. The van der Waals surface area contributed by atoms with Gasteiger partial charge in [0, 0.05) is 32.5 Å². The molecule has 0 atom stereocenters. The van der Waals surface area contributed by atoms with Gasteiger partial charge in [-0.3, -0.25) is 0 Å². The summed E-state index contributed by atoms with van der Waals surface area (Å²) in [7, 11) is 0. The highest BCUT2D eigenvalue weighted by Gasteiger charge is 2.34. The fourth-order valence-electron chi connectivity index (χ4n) is 3.45. The van der Waals surface area contributed by atoms with E-state index in [4.69, 9.17) is 24.5 Å². The molecular formula is C27H28F4N4O5S2. The number of thiazole rings is 1. The second kappa shape index (κ2) is 16.3. The van der Waals surface area contributed by atoms with Gasteiger partial charge in [0.05, 0.1) is 37.7 Å². The molecule has 0 aliphatic rings. The number of halogens is 4. The molecule has 0 radical (unpaired) electrons. The number of hydrogen-bond acceptors (Lipinski definition) is 9. The first-order chi connectivity index (χ1) is 20.1. The number of benzene rings is 2. The molecule has 0 bridgehead atoms. The van der Waals surface area contributed by atoms with Gasteiger partial charge in [0.2, 0.25) is 0 Å². The van der Waals surface area contributed by atoms with E-state index >= 15 is 0 Å². The third kappa shape index (κ3) is 10.5. The molecule has 0 saturated heterocycles. The highest BCUT2D eigenvalue weighted by molar-refractivity contribution is 7.98. The zero-order chi connectivity index (χ0) is 30.5. The van der Waals surface area contributed by atoms with Gasteiger partial charge in [-0.05, 0) is 55.3 Å². The Labute approximate surface area is 247 Å². The van der Waals surface area contributed by atoms with Crippen LogP contribution in [0.2, 0.25) is 0 Å². The molecule has 226 valence electrons. The normalized spacial score (nSPS) is 11.3. The quantitative estimate of drug-likeness (QED) is 0.0315. The summed E-state index contributed by atoms with van der Waals surface area (Å²) in [6, 6.07) is 8.33. The number of azide groups is 1. The summed E-state index contributed by atoms with van der Waals surface area (Å²) in [4.78, 5) is 20.8. The smallest absolute Gasteiger partial charge is 0.419 e. The summed E-state index contributed by atoms with van der Waals surface area (Å²) in [6.07, 6.45) is -4.76. The molecule has 3 rings (SSSR count). The standard InChI is InChI=1S/C27H28F4N4O5S2/c1-17-13-20(4-6-23(17)40-15-25(36)39-12-11-38-10-9-37-8-7-33-35-32)41-16-24-18(2)34-26(42-24)19-3-5-21(22(28)14-19)27(29,30)31/h3-6,13-14H,7-12,15-16H2,1-2H3. The van der Waals surface area contributed by atoms with Gasteiger partial charge in [0.15, 0.2) is 6.61 Å². The fraction of sp³-hybridized carbons (Fsp3) is 0.407. The number of ether oxygens (including phenoxy) is 4. The van der Waals surface area contributed by atoms with Crippen LogP contribution in [0.1, 0.15) is 21.7 Å². The summed E-state index contributed by atoms with van der Waals surface area (Å²) >= 11 is 2.84. The van der Waals surface area contributed by atoms with Crippen molar-refractivity contribution in [1.29, 1.82) is 0 Å². The van der Waals surface area contributed by atoms with Crippen molar-refractivity contribution >= 4 is 29.1 Å². The SMILES string of the molecule is Cc1cc(SCc2sc(-c3ccc(C(F)(F)F)c(F)c3)nc2C)ccc1OCC(=O)OCCOCCOCCN=[N+]=[N-]. The molecule has 0 spiro atoms. The van der Waals surface area contributed by atoms with Crippen LogP contribution >= 0.6 is 23.1 Å². The van der Waals surface area contributed by atoms with E-state index in [1.165, 1.54) is 29.2 Å². The number of rotatable bonds is 16. The van der Waals surface area contributed by atoms with E-state index in [-0.39, 0.29) is 26.4 Å². The van der Waals surface area contributed by atoms with Crippen LogP contribution in [0.4, 0.5) is 17.6 Å². The molecule has 1 heterocycles. The maximum atomic E-state index is 14.0. The van der Waals surface area contributed by atoms with Crippen LogP contribution in [0.5, 0.6) is 5.75 Å². The molecule has 9 nitrogen and oxygen atoms in total. The lowest BCUT2D eigenvalue weighted by atomic mass is 10.1.